The second kappa shape index (κ2) is 10.9. The Morgan fingerprint density at radius 2 is 1.89 bits per heavy atom. The number of aliphatic hydroxyl groups is 1. The average molecular weight is 331 g/mol. The molecule has 0 radical (unpaired) electrons. The van der Waals surface area contributed by atoms with Crippen LogP contribution in [0, 0.1) is 0 Å². The molecule has 5 heteroatoms. The van der Waals surface area contributed by atoms with Crippen molar-refractivity contribution in [2.45, 2.75) is 32.7 Å². The van der Waals surface area contributed by atoms with E-state index in [0.717, 1.165) is 19.4 Å². The zero-order valence-electron chi connectivity index (χ0n) is 11.5. The smallest absolute Gasteiger partial charge is 0.222 e. The van der Waals surface area contributed by atoms with Crippen LogP contribution in [0.3, 0.4) is 0 Å². The summed E-state index contributed by atoms with van der Waals surface area (Å²) in [5.41, 5.74) is 0. The lowest BCUT2D eigenvalue weighted by molar-refractivity contribution is -0.697. The molecule has 0 fully saturated rings. The molecule has 0 aliphatic rings. The van der Waals surface area contributed by atoms with Gasteiger partial charge in [0, 0.05) is 38.1 Å². The van der Waals surface area contributed by atoms with Gasteiger partial charge >= 0.3 is 0 Å². The quantitative estimate of drug-likeness (QED) is 0.442. The van der Waals surface area contributed by atoms with Crippen LogP contribution in [-0.2, 0) is 11.3 Å². The Bertz CT molecular complexity index is 347. The van der Waals surface area contributed by atoms with E-state index in [-0.39, 0.29) is 29.5 Å². The first kappa shape index (κ1) is 18.1. The van der Waals surface area contributed by atoms with Gasteiger partial charge in [-0.2, -0.15) is 0 Å². The van der Waals surface area contributed by atoms with Gasteiger partial charge in [-0.05, 0) is 13.3 Å². The van der Waals surface area contributed by atoms with Crippen LogP contribution < -0.4 is 21.5 Å². The number of carbonyl (C=O) groups excluding carboxylic acids is 1. The summed E-state index contributed by atoms with van der Waals surface area (Å²) in [4.78, 5) is 13.5. The number of carbonyl (C=O) groups is 1. The molecule has 0 aliphatic heterocycles. The number of halogens is 1. The van der Waals surface area contributed by atoms with E-state index in [2.05, 4.69) is 4.57 Å². The molecule has 1 aromatic rings. The maximum absolute atomic E-state index is 11.8. The third kappa shape index (κ3) is 7.28. The Labute approximate surface area is 125 Å². The molecule has 0 aromatic carbocycles. The number of aromatic nitrogens is 1. The second-order valence-corrected chi connectivity index (χ2v) is 4.27. The molecule has 1 rings (SSSR count). The van der Waals surface area contributed by atoms with E-state index >= 15 is 0 Å². The molecule has 0 bridgehead atoms. The number of pyridine rings is 1. The number of likely N-dealkylation sites (N-methyl/N-ethyl adjacent to an activating group) is 1. The molecule has 1 aromatic heterocycles. The topological polar surface area (TPSA) is 44.4 Å². The second-order valence-electron chi connectivity index (χ2n) is 4.27. The van der Waals surface area contributed by atoms with Gasteiger partial charge in [0.05, 0.1) is 6.61 Å². The zero-order valence-corrected chi connectivity index (χ0v) is 13.1. The van der Waals surface area contributed by atoms with Crippen LogP contribution in [0.4, 0.5) is 0 Å². The van der Waals surface area contributed by atoms with Crippen LogP contribution in [0.15, 0.2) is 30.6 Å². The van der Waals surface area contributed by atoms with Crippen LogP contribution in [-0.4, -0.2) is 35.6 Å². The van der Waals surface area contributed by atoms with Gasteiger partial charge < -0.3 is 27.0 Å². The molecule has 1 N–H and O–H groups in total. The van der Waals surface area contributed by atoms with Crippen molar-refractivity contribution in [2.75, 3.05) is 19.7 Å². The number of nitrogens with zero attached hydrogens (tertiary/aromatic N) is 2. The van der Waals surface area contributed by atoms with E-state index in [4.69, 9.17) is 5.11 Å². The van der Waals surface area contributed by atoms with Gasteiger partial charge in [-0.25, -0.2) is 4.57 Å². The first-order valence-electron chi connectivity index (χ1n) is 6.60. The molecule has 19 heavy (non-hydrogen) atoms. The van der Waals surface area contributed by atoms with Crippen LogP contribution >= 0.6 is 0 Å². The highest BCUT2D eigenvalue weighted by atomic mass is 79.9. The normalized spacial score (nSPS) is 9.79. The molecule has 108 valence electrons. The van der Waals surface area contributed by atoms with Crippen LogP contribution in [0.2, 0.25) is 0 Å². The van der Waals surface area contributed by atoms with Gasteiger partial charge in [-0.1, -0.05) is 6.07 Å². The first-order valence-corrected chi connectivity index (χ1v) is 6.60. The van der Waals surface area contributed by atoms with Crippen molar-refractivity contribution in [1.29, 1.82) is 0 Å². The van der Waals surface area contributed by atoms with Crippen molar-refractivity contribution in [3.8, 4) is 0 Å². The standard InChI is InChI=1S/C14H23N2O2.BrH/c1-2-16(12-13-17)14(18)8-4-7-11-15-9-5-3-6-10-15;/h3,5-6,9-10,17H,2,4,7-8,11-13H2,1H3;1H/q+1;/p-1. The molecule has 0 atom stereocenters. The number of unbranched alkanes of at least 4 members (excludes halogenated alkanes) is 1. The zero-order chi connectivity index (χ0) is 13.2. The molecule has 1 heterocycles. The fourth-order valence-electron chi connectivity index (χ4n) is 1.89. The predicted octanol–water partition coefficient (Wildman–Crippen LogP) is -2.01. The van der Waals surface area contributed by atoms with E-state index in [1.165, 1.54) is 0 Å². The SMILES string of the molecule is CCN(CCO)C(=O)CCCC[n+]1ccccc1.[Br-]. The Morgan fingerprint density at radius 3 is 2.47 bits per heavy atom. The molecule has 0 unspecified atom stereocenters. The maximum atomic E-state index is 11.8. The van der Waals surface area contributed by atoms with Crippen molar-refractivity contribution in [1.82, 2.24) is 4.90 Å². The summed E-state index contributed by atoms with van der Waals surface area (Å²) in [7, 11) is 0. The molecule has 0 saturated carbocycles. The Balaban J connectivity index is 0.00000324. The number of aliphatic hydroxyl groups excluding tert-OH is 1. The lowest BCUT2D eigenvalue weighted by atomic mass is 10.2. The van der Waals surface area contributed by atoms with E-state index in [9.17, 15) is 4.79 Å². The van der Waals surface area contributed by atoms with Crippen molar-refractivity contribution in [3.05, 3.63) is 30.6 Å². The van der Waals surface area contributed by atoms with Crippen LogP contribution in [0.1, 0.15) is 26.2 Å². The minimum absolute atomic E-state index is 0. The Morgan fingerprint density at radius 1 is 1.21 bits per heavy atom. The van der Waals surface area contributed by atoms with Crippen molar-refractivity contribution in [2.24, 2.45) is 0 Å². The summed E-state index contributed by atoms with van der Waals surface area (Å²) < 4.78 is 2.12. The Hall–Kier alpha value is -0.940. The molecule has 0 saturated heterocycles. The largest absolute Gasteiger partial charge is 1.00 e. The van der Waals surface area contributed by atoms with Gasteiger partial charge in [0.1, 0.15) is 6.54 Å². The molecule has 0 spiro atoms. The van der Waals surface area contributed by atoms with Gasteiger partial charge in [-0.3, -0.25) is 4.79 Å². The van der Waals surface area contributed by atoms with Crippen molar-refractivity contribution in [3.63, 3.8) is 0 Å². The fraction of sp³-hybridized carbons (Fsp3) is 0.571. The highest BCUT2D eigenvalue weighted by Gasteiger charge is 2.10. The third-order valence-electron chi connectivity index (χ3n) is 2.94. The number of aryl methyl sites for hydroxylation is 1. The molecular weight excluding hydrogens is 308 g/mol. The van der Waals surface area contributed by atoms with Gasteiger partial charge in [-0.15, -0.1) is 0 Å². The minimum Gasteiger partial charge on any atom is -1.00 e. The monoisotopic (exact) mass is 330 g/mol. The van der Waals surface area contributed by atoms with Gasteiger partial charge in [0.15, 0.2) is 12.4 Å². The van der Waals surface area contributed by atoms with E-state index in [0.29, 0.717) is 19.5 Å². The summed E-state index contributed by atoms with van der Waals surface area (Å²) in [6.07, 6.45) is 6.53. The summed E-state index contributed by atoms with van der Waals surface area (Å²) >= 11 is 0. The van der Waals surface area contributed by atoms with Gasteiger partial charge in [0.2, 0.25) is 5.91 Å². The lowest BCUT2D eigenvalue weighted by Gasteiger charge is -2.19. The number of amides is 1. The Kier molecular flexibility index (Phi) is 10.4. The van der Waals surface area contributed by atoms with Crippen molar-refractivity contribution < 1.29 is 31.4 Å². The summed E-state index contributed by atoms with van der Waals surface area (Å²) in [5, 5.41) is 8.84. The highest BCUT2D eigenvalue weighted by Crippen LogP contribution is 2.01. The minimum atomic E-state index is 0. The molecular formula is C14H23BrN2O2. The average Bonchev–Trinajstić information content (AvgIpc) is 2.42. The molecule has 1 amide bonds. The molecule has 4 nitrogen and oxygen atoms in total. The van der Waals surface area contributed by atoms with Crippen molar-refractivity contribution >= 4 is 5.91 Å². The third-order valence-corrected chi connectivity index (χ3v) is 2.94. The van der Waals surface area contributed by atoms with Crippen LogP contribution in [0.5, 0.6) is 0 Å². The predicted molar refractivity (Wildman–Crippen MR) is 69.8 cm³/mol. The molecule has 0 aliphatic carbocycles. The van der Waals surface area contributed by atoms with E-state index in [1.807, 2.05) is 37.5 Å². The first-order chi connectivity index (χ1) is 8.77. The highest BCUT2D eigenvalue weighted by molar-refractivity contribution is 5.76. The van der Waals surface area contributed by atoms with E-state index < -0.39 is 0 Å². The summed E-state index contributed by atoms with van der Waals surface area (Å²) in [5.74, 6) is 0.143. The number of hydrogen-bond acceptors (Lipinski definition) is 2. The summed E-state index contributed by atoms with van der Waals surface area (Å²) in [6, 6.07) is 6.00. The summed E-state index contributed by atoms with van der Waals surface area (Å²) in [6.45, 7) is 4.04. The maximum Gasteiger partial charge on any atom is 0.222 e. The fourth-order valence-corrected chi connectivity index (χ4v) is 1.89. The van der Waals surface area contributed by atoms with E-state index in [1.54, 1.807) is 4.90 Å². The number of rotatable bonds is 8. The lowest BCUT2D eigenvalue weighted by Crippen LogP contribution is -3.00. The van der Waals surface area contributed by atoms with Crippen LogP contribution in [0.25, 0.3) is 0 Å². The number of hydrogen-bond donors (Lipinski definition) is 1. The van der Waals surface area contributed by atoms with Gasteiger partial charge in [0.25, 0.3) is 0 Å².